The lowest BCUT2D eigenvalue weighted by Gasteiger charge is -2.43. The number of nitrogens with one attached hydrogen (secondary N) is 1. The monoisotopic (exact) mass is 623 g/mol. The predicted molar refractivity (Wildman–Crippen MR) is 169 cm³/mol. The van der Waals surface area contributed by atoms with Gasteiger partial charge in [-0.15, -0.1) is 0 Å². The first-order valence-corrected chi connectivity index (χ1v) is 15.5. The topological polar surface area (TPSA) is 123 Å². The van der Waals surface area contributed by atoms with Gasteiger partial charge in [0, 0.05) is 30.4 Å². The van der Waals surface area contributed by atoms with Gasteiger partial charge in [0.05, 0.1) is 17.6 Å². The molecule has 2 unspecified atom stereocenters. The third kappa shape index (κ3) is 5.42. The van der Waals surface area contributed by atoms with E-state index in [1.165, 1.54) is 9.80 Å². The molecule has 1 aromatic carbocycles. The first-order valence-electron chi connectivity index (χ1n) is 15.1. The smallest absolute Gasteiger partial charge is 0.405 e. The van der Waals surface area contributed by atoms with Crippen molar-refractivity contribution in [2.24, 2.45) is 11.3 Å². The number of carbonyl (C=O) groups is 4. The summed E-state index contributed by atoms with van der Waals surface area (Å²) in [6.45, 7) is 14.4. The zero-order valence-electron chi connectivity index (χ0n) is 26.5. The molecule has 2 N–H and O–H groups in total. The number of urea groups is 1. The predicted octanol–water partition coefficient (Wildman–Crippen LogP) is 6.35. The number of anilines is 2. The van der Waals surface area contributed by atoms with Crippen molar-refractivity contribution in [3.63, 3.8) is 0 Å². The Morgan fingerprint density at radius 3 is 2.45 bits per heavy atom. The van der Waals surface area contributed by atoms with Crippen molar-refractivity contribution in [3.05, 3.63) is 52.8 Å². The Bertz CT molecular complexity index is 1530. The number of carbonyl (C=O) groups excluding carboxylic acids is 3. The molecule has 1 saturated carbocycles. The average molecular weight is 624 g/mol. The number of fused-ring (bicyclic) bond motifs is 1. The molecule has 10 nitrogen and oxygen atoms in total. The quantitative estimate of drug-likeness (QED) is 0.286. The minimum Gasteiger partial charge on any atom is -0.465 e. The van der Waals surface area contributed by atoms with Crippen molar-refractivity contribution in [1.82, 2.24) is 15.2 Å². The zero-order chi connectivity index (χ0) is 32.4. The van der Waals surface area contributed by atoms with E-state index in [9.17, 15) is 24.3 Å². The van der Waals surface area contributed by atoms with Gasteiger partial charge in [0.1, 0.15) is 10.7 Å². The third-order valence-corrected chi connectivity index (χ3v) is 9.93. The number of pyridine rings is 1. The molecule has 0 bridgehead atoms. The van der Waals surface area contributed by atoms with E-state index in [0.717, 1.165) is 24.0 Å². The molecule has 3 aliphatic rings. The van der Waals surface area contributed by atoms with Crippen LogP contribution in [0.25, 0.3) is 0 Å². The Morgan fingerprint density at radius 1 is 1.11 bits per heavy atom. The van der Waals surface area contributed by atoms with Crippen molar-refractivity contribution in [2.45, 2.75) is 97.2 Å². The molecule has 3 heterocycles. The van der Waals surface area contributed by atoms with Crippen molar-refractivity contribution in [2.75, 3.05) is 16.3 Å². The summed E-state index contributed by atoms with van der Waals surface area (Å²) in [5.41, 5.74) is 0.0859. The molecule has 1 aliphatic carbocycles. The third-order valence-electron chi connectivity index (χ3n) is 9.72. The van der Waals surface area contributed by atoms with Crippen molar-refractivity contribution < 1.29 is 24.3 Å². The summed E-state index contributed by atoms with van der Waals surface area (Å²) < 4.78 is 0. The number of hydrogen-bond donors (Lipinski definition) is 2. The van der Waals surface area contributed by atoms with Gasteiger partial charge in [0.25, 0.3) is 5.91 Å². The fourth-order valence-corrected chi connectivity index (χ4v) is 7.81. The highest BCUT2D eigenvalue weighted by Crippen LogP contribution is 2.50. The second kappa shape index (κ2) is 10.8. The lowest BCUT2D eigenvalue weighted by atomic mass is 9.69. The number of halogens is 1. The standard InChI is InChI=1S/C33H42ClN5O5/c1-30(2,3)24-9-8-13-33(24,36-28(42)43)17-26(40)37-19-31(4,5)22-11-10-21(16-23(22)37)39-27(41)32(6,7)38(29(39)44)18-20-12-14-35-25(34)15-20/h10-12,14-16,24,36H,8-9,13,17-19H2,1-7H3,(H,42,43). The Hall–Kier alpha value is -3.66. The lowest BCUT2D eigenvalue weighted by molar-refractivity contribution is -0.123. The molecule has 2 aliphatic heterocycles. The normalized spacial score (nSPS) is 24.2. The largest absolute Gasteiger partial charge is 0.465 e. The summed E-state index contributed by atoms with van der Waals surface area (Å²) in [4.78, 5) is 62.1. The van der Waals surface area contributed by atoms with Crippen LogP contribution in [0.2, 0.25) is 5.15 Å². The summed E-state index contributed by atoms with van der Waals surface area (Å²) >= 11 is 6.07. The van der Waals surface area contributed by atoms with Crippen molar-refractivity contribution in [1.29, 1.82) is 0 Å². The van der Waals surface area contributed by atoms with Gasteiger partial charge in [-0.3, -0.25) is 9.59 Å². The molecular formula is C33H42ClN5O5. The number of hydrogen-bond acceptors (Lipinski definition) is 5. The van der Waals surface area contributed by atoms with Crippen LogP contribution in [-0.4, -0.2) is 56.6 Å². The van der Waals surface area contributed by atoms with Crippen LogP contribution >= 0.6 is 11.6 Å². The maximum absolute atomic E-state index is 14.2. The first-order chi connectivity index (χ1) is 20.4. The van der Waals surface area contributed by atoms with E-state index in [1.54, 1.807) is 49.2 Å². The average Bonchev–Trinajstić information content (AvgIpc) is 3.49. The fraction of sp³-hybridized carbons (Fsp3) is 0.545. The van der Waals surface area contributed by atoms with Crippen LogP contribution in [0.3, 0.4) is 0 Å². The maximum atomic E-state index is 14.2. The summed E-state index contributed by atoms with van der Waals surface area (Å²) in [5.74, 6) is -0.574. The van der Waals surface area contributed by atoms with Crippen molar-refractivity contribution >= 4 is 46.9 Å². The van der Waals surface area contributed by atoms with Crippen LogP contribution in [0.5, 0.6) is 0 Å². The minimum absolute atomic E-state index is 0.0141. The van der Waals surface area contributed by atoms with Gasteiger partial charge in [-0.1, -0.05) is 58.7 Å². The van der Waals surface area contributed by atoms with E-state index in [-0.39, 0.29) is 41.5 Å². The summed E-state index contributed by atoms with van der Waals surface area (Å²) in [5, 5.41) is 12.9. The molecule has 1 saturated heterocycles. The summed E-state index contributed by atoms with van der Waals surface area (Å²) in [7, 11) is 0. The van der Waals surface area contributed by atoms with Crippen LogP contribution in [0, 0.1) is 11.3 Å². The number of nitrogens with zero attached hydrogens (tertiary/aromatic N) is 4. The molecule has 5 amide bonds. The Kier molecular flexibility index (Phi) is 7.76. The number of imide groups is 1. The van der Waals surface area contributed by atoms with Gasteiger partial charge in [-0.2, -0.15) is 0 Å². The SMILES string of the molecule is CC1(C)CN(C(=O)CC2(NC(=O)O)CCCC2C(C)(C)C)c2cc(N3C(=O)N(Cc4ccnc(Cl)c4)C(C)(C)C3=O)ccc21. The van der Waals surface area contributed by atoms with Gasteiger partial charge in [0.15, 0.2) is 0 Å². The highest BCUT2D eigenvalue weighted by atomic mass is 35.5. The highest BCUT2D eigenvalue weighted by Gasteiger charge is 2.54. The number of rotatable bonds is 6. The molecule has 2 aromatic rings. The first kappa shape index (κ1) is 31.8. The summed E-state index contributed by atoms with van der Waals surface area (Å²) in [6, 6.07) is 8.34. The highest BCUT2D eigenvalue weighted by molar-refractivity contribution is 6.29. The van der Waals surface area contributed by atoms with E-state index in [0.29, 0.717) is 29.5 Å². The Labute approximate surface area is 263 Å². The molecule has 1 aromatic heterocycles. The van der Waals surface area contributed by atoms with Crippen LogP contribution < -0.4 is 15.1 Å². The van der Waals surface area contributed by atoms with E-state index in [1.807, 2.05) is 6.07 Å². The Morgan fingerprint density at radius 2 is 1.82 bits per heavy atom. The Balaban J connectivity index is 1.48. The van der Waals surface area contributed by atoms with Gasteiger partial charge in [-0.05, 0) is 73.4 Å². The van der Waals surface area contributed by atoms with E-state index in [2.05, 4.69) is 44.9 Å². The van der Waals surface area contributed by atoms with Crippen LogP contribution in [-0.2, 0) is 21.5 Å². The molecule has 0 radical (unpaired) electrons. The molecule has 11 heteroatoms. The minimum atomic E-state index is -1.13. The zero-order valence-corrected chi connectivity index (χ0v) is 27.3. The number of aromatic nitrogens is 1. The molecule has 0 spiro atoms. The maximum Gasteiger partial charge on any atom is 0.405 e. The summed E-state index contributed by atoms with van der Waals surface area (Å²) in [6.07, 6.45) is 2.70. The number of carboxylic acid groups (broad SMARTS) is 1. The fourth-order valence-electron chi connectivity index (χ4n) is 7.61. The van der Waals surface area contributed by atoms with Gasteiger partial charge < -0.3 is 20.2 Å². The van der Waals surface area contributed by atoms with Gasteiger partial charge in [-0.25, -0.2) is 19.5 Å². The number of amides is 5. The van der Waals surface area contributed by atoms with E-state index < -0.39 is 23.2 Å². The molecule has 2 atom stereocenters. The molecule has 236 valence electrons. The van der Waals surface area contributed by atoms with Gasteiger partial charge in [0.2, 0.25) is 5.91 Å². The molecule has 5 rings (SSSR count). The number of benzene rings is 1. The second-order valence-electron chi connectivity index (χ2n) is 14.7. The molecule has 44 heavy (non-hydrogen) atoms. The molecular weight excluding hydrogens is 582 g/mol. The molecule has 2 fully saturated rings. The second-order valence-corrected chi connectivity index (χ2v) is 15.1. The van der Waals surface area contributed by atoms with E-state index in [4.69, 9.17) is 11.6 Å². The van der Waals surface area contributed by atoms with E-state index >= 15 is 0 Å². The van der Waals surface area contributed by atoms with Crippen LogP contribution in [0.4, 0.5) is 21.0 Å². The van der Waals surface area contributed by atoms with Gasteiger partial charge >= 0.3 is 12.1 Å². The van der Waals surface area contributed by atoms with Crippen molar-refractivity contribution in [3.8, 4) is 0 Å². The van der Waals surface area contributed by atoms with Crippen LogP contribution in [0.1, 0.15) is 85.3 Å². The van der Waals surface area contributed by atoms with Crippen LogP contribution in [0.15, 0.2) is 36.5 Å². The lowest BCUT2D eigenvalue weighted by Crippen LogP contribution is -2.56.